The van der Waals surface area contributed by atoms with Gasteiger partial charge < -0.3 is 0 Å². The van der Waals surface area contributed by atoms with Gasteiger partial charge in [0.05, 0.1) is 10.6 Å². The molecule has 0 amide bonds. The van der Waals surface area contributed by atoms with E-state index in [1.807, 2.05) is 13.8 Å². The van der Waals surface area contributed by atoms with E-state index in [1.54, 1.807) is 24.3 Å². The molecule has 1 aromatic rings. The van der Waals surface area contributed by atoms with Crippen LogP contribution in [0.3, 0.4) is 0 Å². The van der Waals surface area contributed by atoms with Crippen LogP contribution in [0.4, 0.5) is 0 Å². The number of hydrogen-bond acceptors (Lipinski definition) is 4. The van der Waals surface area contributed by atoms with Crippen molar-refractivity contribution in [3.05, 3.63) is 29.8 Å². The molecule has 1 fully saturated rings. The average molecular weight is 359 g/mol. The van der Waals surface area contributed by atoms with Gasteiger partial charge in [-0.3, -0.25) is 4.79 Å². The molecule has 130 valence electrons. The number of carbonyl (C=O) groups excluding carboxylic acids is 1. The van der Waals surface area contributed by atoms with Crippen molar-refractivity contribution in [2.45, 2.75) is 44.9 Å². The summed E-state index contributed by atoms with van der Waals surface area (Å²) in [6, 6.07) is 6.68. The van der Waals surface area contributed by atoms with E-state index >= 15 is 0 Å². The van der Waals surface area contributed by atoms with Crippen LogP contribution in [-0.4, -0.2) is 31.5 Å². The van der Waals surface area contributed by atoms with Crippen LogP contribution >= 0.6 is 10.3 Å². The maximum atomic E-state index is 12.7. The van der Waals surface area contributed by atoms with Gasteiger partial charge in [-0.05, 0) is 37.8 Å². The van der Waals surface area contributed by atoms with Crippen LogP contribution in [0.25, 0.3) is 0 Å². The van der Waals surface area contributed by atoms with Gasteiger partial charge in [0.1, 0.15) is 5.78 Å². The predicted molar refractivity (Wildman–Crippen MR) is 95.3 cm³/mol. The topological polar surface area (TPSA) is 60.4 Å². The van der Waals surface area contributed by atoms with Crippen molar-refractivity contribution in [2.75, 3.05) is 17.3 Å². The van der Waals surface area contributed by atoms with Crippen molar-refractivity contribution in [2.24, 2.45) is 5.92 Å². The van der Waals surface area contributed by atoms with Crippen LogP contribution in [-0.2, 0) is 18.5 Å². The van der Waals surface area contributed by atoms with E-state index in [-0.39, 0.29) is 16.4 Å². The van der Waals surface area contributed by atoms with Gasteiger partial charge >= 0.3 is 10.1 Å². The molecule has 0 aromatic heterocycles. The van der Waals surface area contributed by atoms with E-state index in [9.17, 15) is 13.2 Å². The highest BCUT2D eigenvalue weighted by molar-refractivity contribution is 8.33. The second-order valence-corrected chi connectivity index (χ2v) is 11.3. The Hall–Kier alpha value is -0.850. The maximum absolute atomic E-state index is 12.7. The maximum Gasteiger partial charge on any atom is 0.306 e. The Bertz CT molecular complexity index is 652. The number of rotatable bonds is 6. The van der Waals surface area contributed by atoms with Crippen molar-refractivity contribution in [1.82, 2.24) is 0 Å². The normalized spacial score (nSPS) is 28.0. The summed E-state index contributed by atoms with van der Waals surface area (Å²) in [5, 5.41) is 0. The van der Waals surface area contributed by atoms with Gasteiger partial charge in [-0.1, -0.05) is 31.5 Å². The largest absolute Gasteiger partial charge is 0.306 e. The van der Waals surface area contributed by atoms with E-state index in [0.717, 1.165) is 18.4 Å². The fourth-order valence-electron chi connectivity index (χ4n) is 2.93. The Morgan fingerprint density at radius 3 is 2.52 bits per heavy atom. The highest BCUT2D eigenvalue weighted by Gasteiger charge is 2.37. The Morgan fingerprint density at radius 1 is 1.30 bits per heavy atom. The molecule has 6 heteroatoms. The molecule has 0 aliphatic carbocycles. The number of ketones is 1. The van der Waals surface area contributed by atoms with Crippen molar-refractivity contribution in [3.8, 4) is 0 Å². The second kappa shape index (κ2) is 7.36. The third-order valence-electron chi connectivity index (χ3n) is 4.16. The van der Waals surface area contributed by atoms with Crippen LogP contribution in [0.5, 0.6) is 0 Å². The summed E-state index contributed by atoms with van der Waals surface area (Å²) in [5.41, 5.74) is 0.999. The average Bonchev–Trinajstić information content (AvgIpc) is 2.46. The summed E-state index contributed by atoms with van der Waals surface area (Å²) in [5.74, 6) is 2.15. The highest BCUT2D eigenvalue weighted by atomic mass is 32.3. The Balaban J connectivity index is 2.29. The van der Waals surface area contributed by atoms with Crippen LogP contribution < -0.4 is 0 Å². The zero-order valence-corrected chi connectivity index (χ0v) is 15.7. The van der Waals surface area contributed by atoms with E-state index in [4.69, 9.17) is 3.63 Å². The molecular weight excluding hydrogens is 332 g/mol. The fourth-order valence-corrected chi connectivity index (χ4v) is 9.03. The zero-order chi connectivity index (χ0) is 17.1. The van der Waals surface area contributed by atoms with E-state index in [1.165, 1.54) is 0 Å². The molecule has 1 heterocycles. The molecule has 23 heavy (non-hydrogen) atoms. The number of Topliss-reactive ketones (excluding diaryl/α,β-unsaturated/α-hetero) is 1. The molecule has 2 atom stereocenters. The predicted octanol–water partition coefficient (Wildman–Crippen LogP) is 3.83. The number of aryl methyl sites for hydroxylation is 1. The Morgan fingerprint density at radius 2 is 1.96 bits per heavy atom. The molecule has 1 aliphatic heterocycles. The Kier molecular flexibility index (Phi) is 5.92. The summed E-state index contributed by atoms with van der Waals surface area (Å²) < 4.78 is 31.1. The zero-order valence-electron chi connectivity index (χ0n) is 14.1. The molecule has 0 bridgehead atoms. The first kappa shape index (κ1) is 18.5. The van der Waals surface area contributed by atoms with Gasteiger partial charge in [0.2, 0.25) is 0 Å². The lowest BCUT2D eigenvalue weighted by Gasteiger charge is -2.43. The number of hydrogen-bond donors (Lipinski definition) is 0. The molecule has 2 rings (SSSR count). The standard InChI is InChI=1S/C17H26O4S2/c1-4-16(18)13-22(11-5-6-15(3)12-22)21-23(19,20)17-9-7-14(2)8-10-17/h7-10,15H,4-6,11-13H2,1-3H3. The molecule has 0 spiro atoms. The van der Waals surface area contributed by atoms with E-state index in [2.05, 4.69) is 6.92 Å². The molecule has 2 unspecified atom stereocenters. The first-order valence-corrected chi connectivity index (χ1v) is 11.5. The van der Waals surface area contributed by atoms with Crippen molar-refractivity contribution < 1.29 is 16.8 Å². The molecule has 0 saturated carbocycles. The highest BCUT2D eigenvalue weighted by Crippen LogP contribution is 2.56. The fraction of sp³-hybridized carbons (Fsp3) is 0.588. The minimum Gasteiger partial charge on any atom is -0.299 e. The van der Waals surface area contributed by atoms with Crippen LogP contribution in [0.2, 0.25) is 0 Å². The lowest BCUT2D eigenvalue weighted by atomic mass is 10.1. The summed E-state index contributed by atoms with van der Waals surface area (Å²) >= 11 is 0. The van der Waals surface area contributed by atoms with Crippen LogP contribution in [0.1, 0.15) is 38.7 Å². The lowest BCUT2D eigenvalue weighted by Crippen LogP contribution is -2.30. The van der Waals surface area contributed by atoms with Crippen LogP contribution in [0, 0.1) is 12.8 Å². The molecule has 0 N–H and O–H groups in total. The monoisotopic (exact) mass is 358 g/mol. The van der Waals surface area contributed by atoms with E-state index in [0.29, 0.717) is 23.8 Å². The summed E-state index contributed by atoms with van der Waals surface area (Å²) in [6.45, 7) is 5.84. The molecule has 1 aromatic carbocycles. The van der Waals surface area contributed by atoms with Gasteiger partial charge in [-0.15, -0.1) is 10.3 Å². The van der Waals surface area contributed by atoms with Gasteiger partial charge in [-0.2, -0.15) is 8.42 Å². The summed E-state index contributed by atoms with van der Waals surface area (Å²) in [4.78, 5) is 12.2. The van der Waals surface area contributed by atoms with Gasteiger partial charge in [0, 0.05) is 17.9 Å². The number of carbonyl (C=O) groups is 1. The van der Waals surface area contributed by atoms with Gasteiger partial charge in [-0.25, -0.2) is 3.63 Å². The van der Waals surface area contributed by atoms with Crippen molar-refractivity contribution in [1.29, 1.82) is 0 Å². The van der Waals surface area contributed by atoms with E-state index < -0.39 is 20.4 Å². The van der Waals surface area contributed by atoms with Gasteiger partial charge in [0.25, 0.3) is 0 Å². The first-order chi connectivity index (χ1) is 10.8. The Labute approximate surface area is 141 Å². The third kappa shape index (κ3) is 4.81. The van der Waals surface area contributed by atoms with Crippen molar-refractivity contribution in [3.63, 3.8) is 0 Å². The van der Waals surface area contributed by atoms with Crippen LogP contribution in [0.15, 0.2) is 29.2 Å². The second-order valence-electron chi connectivity index (χ2n) is 6.46. The SMILES string of the molecule is CCC(=O)CS1(OS(=O)(=O)c2ccc(C)cc2)CCCC(C)C1. The summed E-state index contributed by atoms with van der Waals surface area (Å²) in [6.07, 6.45) is 2.43. The molecule has 0 radical (unpaired) electrons. The molecular formula is C17H26O4S2. The smallest absolute Gasteiger partial charge is 0.299 e. The van der Waals surface area contributed by atoms with Gasteiger partial charge in [0.15, 0.2) is 0 Å². The minimum absolute atomic E-state index is 0.0909. The minimum atomic E-state index is -3.83. The molecule has 1 aliphatic rings. The third-order valence-corrected chi connectivity index (χ3v) is 9.94. The molecule has 4 nitrogen and oxygen atoms in total. The molecule has 1 saturated heterocycles. The summed E-state index contributed by atoms with van der Waals surface area (Å²) in [7, 11) is -5.74. The number of benzene rings is 1. The van der Waals surface area contributed by atoms with Crippen molar-refractivity contribution >= 4 is 26.2 Å². The lowest BCUT2D eigenvalue weighted by molar-refractivity contribution is -0.116. The first-order valence-electron chi connectivity index (χ1n) is 8.07. The quantitative estimate of drug-likeness (QED) is 0.775.